The molecule has 1 N–H and O–H groups in total. The molecular formula is C20H14F3N7O. The van der Waals surface area contributed by atoms with Gasteiger partial charge in [-0.1, -0.05) is 11.3 Å². The van der Waals surface area contributed by atoms with Crippen LogP contribution >= 0.6 is 0 Å². The molecule has 0 fully saturated rings. The van der Waals surface area contributed by atoms with Gasteiger partial charge in [-0.2, -0.15) is 18.3 Å². The van der Waals surface area contributed by atoms with Gasteiger partial charge in [-0.3, -0.25) is 9.78 Å². The van der Waals surface area contributed by atoms with Gasteiger partial charge in [-0.25, -0.2) is 4.68 Å². The Balaban J connectivity index is 1.60. The SMILES string of the molecule is Cc1ccc(C(=O)Nc2cc(C(F)(F)F)cnn2)cc1-n1cc(-c2cccnc2)nn1. The summed E-state index contributed by atoms with van der Waals surface area (Å²) in [4.78, 5) is 16.6. The lowest BCUT2D eigenvalue weighted by atomic mass is 10.1. The first-order valence-electron chi connectivity index (χ1n) is 8.96. The molecule has 3 aromatic heterocycles. The molecule has 0 spiro atoms. The fourth-order valence-electron chi connectivity index (χ4n) is 2.80. The standard InChI is InChI=1S/C20H14F3N7O/c1-12-4-5-13(19(31)26-18-8-15(10-25-28-18)20(21,22)23)7-17(12)30-11-16(27-29-30)14-3-2-6-24-9-14/h2-11H,1H3,(H,26,28,31). The van der Waals surface area contributed by atoms with Gasteiger partial charge in [-0.05, 0) is 42.8 Å². The molecule has 1 amide bonds. The summed E-state index contributed by atoms with van der Waals surface area (Å²) in [6, 6.07) is 9.15. The summed E-state index contributed by atoms with van der Waals surface area (Å²) in [6.45, 7) is 1.83. The average Bonchev–Trinajstić information content (AvgIpc) is 3.24. The normalized spacial score (nSPS) is 11.4. The number of hydrogen-bond donors (Lipinski definition) is 1. The van der Waals surface area contributed by atoms with Crippen LogP contribution in [0.2, 0.25) is 0 Å². The van der Waals surface area contributed by atoms with Crippen molar-refractivity contribution in [1.82, 2.24) is 30.2 Å². The summed E-state index contributed by atoms with van der Waals surface area (Å²) in [6.07, 6.45) is 0.991. The fourth-order valence-corrected chi connectivity index (χ4v) is 2.80. The van der Waals surface area contributed by atoms with Gasteiger partial charge in [0.25, 0.3) is 5.91 Å². The number of benzene rings is 1. The van der Waals surface area contributed by atoms with Gasteiger partial charge in [0.1, 0.15) is 5.69 Å². The first-order valence-corrected chi connectivity index (χ1v) is 8.96. The summed E-state index contributed by atoms with van der Waals surface area (Å²) in [7, 11) is 0. The molecule has 0 aliphatic carbocycles. The molecule has 0 aliphatic rings. The summed E-state index contributed by atoms with van der Waals surface area (Å²) in [5.74, 6) is -0.941. The number of pyridine rings is 1. The van der Waals surface area contributed by atoms with E-state index in [9.17, 15) is 18.0 Å². The minimum absolute atomic E-state index is 0.207. The quantitative estimate of drug-likeness (QED) is 0.535. The van der Waals surface area contributed by atoms with Crippen LogP contribution in [0.15, 0.2) is 61.2 Å². The van der Waals surface area contributed by atoms with Crippen LogP contribution in [-0.4, -0.2) is 36.1 Å². The van der Waals surface area contributed by atoms with Crippen LogP contribution in [-0.2, 0) is 6.18 Å². The lowest BCUT2D eigenvalue weighted by Crippen LogP contribution is -2.15. The highest BCUT2D eigenvalue weighted by Gasteiger charge is 2.31. The second-order valence-electron chi connectivity index (χ2n) is 6.57. The number of aromatic nitrogens is 6. The third-order valence-corrected chi connectivity index (χ3v) is 4.39. The molecular weight excluding hydrogens is 411 g/mol. The Hall–Kier alpha value is -4.15. The van der Waals surface area contributed by atoms with Crippen molar-refractivity contribution >= 4 is 11.7 Å². The molecule has 0 unspecified atom stereocenters. The van der Waals surface area contributed by atoms with E-state index >= 15 is 0 Å². The zero-order valence-electron chi connectivity index (χ0n) is 16.0. The molecule has 3 heterocycles. The summed E-state index contributed by atoms with van der Waals surface area (Å²) < 4.78 is 40.0. The van der Waals surface area contributed by atoms with Crippen molar-refractivity contribution in [1.29, 1.82) is 0 Å². The van der Waals surface area contributed by atoms with Crippen molar-refractivity contribution in [3.63, 3.8) is 0 Å². The van der Waals surface area contributed by atoms with Gasteiger partial charge in [0.2, 0.25) is 0 Å². The Morgan fingerprint density at radius 3 is 2.68 bits per heavy atom. The van der Waals surface area contributed by atoms with E-state index < -0.39 is 17.6 Å². The number of alkyl halides is 3. The van der Waals surface area contributed by atoms with Crippen LogP contribution in [0.3, 0.4) is 0 Å². The molecule has 0 atom stereocenters. The minimum atomic E-state index is -4.59. The van der Waals surface area contributed by atoms with E-state index in [-0.39, 0.29) is 11.4 Å². The van der Waals surface area contributed by atoms with Crippen molar-refractivity contribution in [2.75, 3.05) is 5.32 Å². The minimum Gasteiger partial charge on any atom is -0.305 e. The zero-order valence-corrected chi connectivity index (χ0v) is 16.0. The second-order valence-corrected chi connectivity index (χ2v) is 6.57. The Labute approximate surface area is 173 Å². The molecule has 0 aliphatic heterocycles. The smallest absolute Gasteiger partial charge is 0.305 e. The van der Waals surface area contributed by atoms with E-state index in [0.29, 0.717) is 17.6 Å². The van der Waals surface area contributed by atoms with Crippen molar-refractivity contribution in [3.05, 3.63) is 77.9 Å². The maximum absolute atomic E-state index is 12.8. The summed E-state index contributed by atoms with van der Waals surface area (Å²) >= 11 is 0. The van der Waals surface area contributed by atoms with Crippen LogP contribution in [0.5, 0.6) is 0 Å². The molecule has 0 radical (unpaired) electrons. The Morgan fingerprint density at radius 2 is 1.94 bits per heavy atom. The Bertz CT molecular complexity index is 1240. The molecule has 4 rings (SSSR count). The van der Waals surface area contributed by atoms with Crippen LogP contribution < -0.4 is 5.32 Å². The van der Waals surface area contributed by atoms with E-state index in [0.717, 1.165) is 17.2 Å². The topological polar surface area (TPSA) is 98.5 Å². The first kappa shape index (κ1) is 20.1. The first-order chi connectivity index (χ1) is 14.8. The van der Waals surface area contributed by atoms with E-state index in [1.165, 1.54) is 4.68 Å². The van der Waals surface area contributed by atoms with Gasteiger partial charge in [0.05, 0.1) is 23.6 Å². The van der Waals surface area contributed by atoms with Gasteiger partial charge in [-0.15, -0.1) is 10.2 Å². The number of carbonyl (C=O) groups excluding carboxylic acids is 1. The summed E-state index contributed by atoms with van der Waals surface area (Å²) in [5, 5.41) is 17.4. The van der Waals surface area contributed by atoms with Gasteiger partial charge < -0.3 is 5.32 Å². The van der Waals surface area contributed by atoms with E-state index in [1.807, 2.05) is 13.0 Å². The lowest BCUT2D eigenvalue weighted by molar-refractivity contribution is -0.137. The van der Waals surface area contributed by atoms with Crippen molar-refractivity contribution in [2.45, 2.75) is 13.1 Å². The Morgan fingerprint density at radius 1 is 1.10 bits per heavy atom. The third-order valence-electron chi connectivity index (χ3n) is 4.39. The number of nitrogens with one attached hydrogen (secondary N) is 1. The maximum Gasteiger partial charge on any atom is 0.418 e. The number of rotatable bonds is 4. The van der Waals surface area contributed by atoms with Crippen molar-refractivity contribution in [3.8, 4) is 16.9 Å². The van der Waals surface area contributed by atoms with Crippen molar-refractivity contribution < 1.29 is 18.0 Å². The van der Waals surface area contributed by atoms with Crippen molar-refractivity contribution in [2.24, 2.45) is 0 Å². The number of carbonyl (C=O) groups is 1. The molecule has 156 valence electrons. The van der Waals surface area contributed by atoms with E-state index in [1.54, 1.807) is 42.9 Å². The van der Waals surface area contributed by atoms with E-state index in [4.69, 9.17) is 0 Å². The molecule has 1 aromatic carbocycles. The third kappa shape index (κ3) is 4.39. The molecule has 8 nitrogen and oxygen atoms in total. The molecule has 11 heteroatoms. The number of anilines is 1. The maximum atomic E-state index is 12.8. The van der Waals surface area contributed by atoms with Crippen LogP contribution in [0.25, 0.3) is 16.9 Å². The van der Waals surface area contributed by atoms with Gasteiger partial charge in [0, 0.05) is 23.5 Å². The molecule has 0 saturated heterocycles. The van der Waals surface area contributed by atoms with Gasteiger partial charge in [0.15, 0.2) is 5.82 Å². The van der Waals surface area contributed by atoms with Gasteiger partial charge >= 0.3 is 6.18 Å². The number of nitrogens with zero attached hydrogens (tertiary/aromatic N) is 6. The molecule has 31 heavy (non-hydrogen) atoms. The Kier molecular flexibility index (Phi) is 5.15. The number of amides is 1. The van der Waals surface area contributed by atoms with Crippen LogP contribution in [0.1, 0.15) is 21.5 Å². The van der Waals surface area contributed by atoms with E-state index in [2.05, 4.69) is 30.8 Å². The summed E-state index contributed by atoms with van der Waals surface area (Å²) in [5.41, 5.74) is 1.99. The predicted octanol–water partition coefficient (Wildman–Crippen LogP) is 3.70. The molecule has 4 aromatic rings. The monoisotopic (exact) mass is 425 g/mol. The fraction of sp³-hybridized carbons (Fsp3) is 0.100. The highest BCUT2D eigenvalue weighted by atomic mass is 19.4. The number of halogens is 3. The highest BCUT2D eigenvalue weighted by Crippen LogP contribution is 2.29. The van der Waals surface area contributed by atoms with Crippen LogP contribution in [0, 0.1) is 6.92 Å². The number of hydrogen-bond acceptors (Lipinski definition) is 6. The zero-order chi connectivity index (χ0) is 22.0. The largest absolute Gasteiger partial charge is 0.418 e. The molecule has 0 saturated carbocycles. The average molecular weight is 425 g/mol. The lowest BCUT2D eigenvalue weighted by Gasteiger charge is -2.10. The second kappa shape index (κ2) is 7.94. The highest BCUT2D eigenvalue weighted by molar-refractivity contribution is 6.04. The predicted molar refractivity (Wildman–Crippen MR) is 104 cm³/mol. The number of aryl methyl sites for hydroxylation is 1. The molecule has 0 bridgehead atoms. The van der Waals surface area contributed by atoms with Crippen LogP contribution in [0.4, 0.5) is 19.0 Å².